The van der Waals surface area contributed by atoms with Gasteiger partial charge in [-0.15, -0.1) is 5.10 Å². The molecule has 0 aromatic carbocycles. The number of nitrogens with zero attached hydrogens (tertiary/aromatic N) is 3. The molecule has 1 atom stereocenters. The quantitative estimate of drug-likeness (QED) is 0.798. The second-order valence-electron chi connectivity index (χ2n) is 4.44. The first-order chi connectivity index (χ1) is 8.49. The van der Waals surface area contributed by atoms with Gasteiger partial charge in [-0.3, -0.25) is 0 Å². The fourth-order valence-corrected chi connectivity index (χ4v) is 1.65. The molecule has 0 aliphatic heterocycles. The molecule has 1 rings (SSSR count). The third-order valence-electron chi connectivity index (χ3n) is 2.73. The summed E-state index contributed by atoms with van der Waals surface area (Å²) in [7, 11) is 0. The molecule has 0 aliphatic rings. The summed E-state index contributed by atoms with van der Waals surface area (Å²) in [6.45, 7) is 7.65. The van der Waals surface area contributed by atoms with Crippen LogP contribution in [0.3, 0.4) is 0 Å². The lowest BCUT2D eigenvalue weighted by Gasteiger charge is -2.18. The van der Waals surface area contributed by atoms with E-state index in [9.17, 15) is 4.79 Å². The maximum atomic E-state index is 11.1. The Morgan fingerprint density at radius 3 is 2.28 bits per heavy atom. The number of anilines is 1. The highest BCUT2D eigenvalue weighted by Gasteiger charge is 2.22. The van der Waals surface area contributed by atoms with Crippen molar-refractivity contribution in [1.82, 2.24) is 15.2 Å². The molecule has 0 fully saturated rings. The van der Waals surface area contributed by atoms with E-state index in [1.54, 1.807) is 0 Å². The Kier molecular flexibility index (Phi) is 5.00. The first-order valence-electron chi connectivity index (χ1n) is 6.21. The van der Waals surface area contributed by atoms with Crippen LogP contribution in [0.5, 0.6) is 0 Å². The van der Waals surface area contributed by atoms with Crippen molar-refractivity contribution in [3.8, 4) is 0 Å². The smallest absolute Gasteiger partial charge is 0.326 e. The number of aryl methyl sites for hydroxylation is 2. The Balaban J connectivity index is 2.93. The zero-order valence-corrected chi connectivity index (χ0v) is 11.3. The van der Waals surface area contributed by atoms with E-state index < -0.39 is 12.0 Å². The first kappa shape index (κ1) is 14.3. The molecule has 0 unspecified atom stereocenters. The van der Waals surface area contributed by atoms with Crippen molar-refractivity contribution in [2.45, 2.75) is 46.6 Å². The van der Waals surface area contributed by atoms with Gasteiger partial charge in [-0.1, -0.05) is 27.7 Å². The number of carbonyl (C=O) groups is 1. The van der Waals surface area contributed by atoms with Gasteiger partial charge in [-0.25, -0.2) is 9.78 Å². The van der Waals surface area contributed by atoms with Gasteiger partial charge < -0.3 is 10.4 Å². The molecule has 0 spiro atoms. The minimum atomic E-state index is -0.911. The zero-order valence-electron chi connectivity index (χ0n) is 11.3. The molecule has 18 heavy (non-hydrogen) atoms. The van der Waals surface area contributed by atoms with Crippen LogP contribution in [0.25, 0.3) is 0 Å². The molecule has 1 aromatic heterocycles. The molecule has 0 saturated heterocycles. The van der Waals surface area contributed by atoms with Crippen LogP contribution in [-0.4, -0.2) is 32.3 Å². The minimum absolute atomic E-state index is 0.0537. The number of hydrogen-bond acceptors (Lipinski definition) is 5. The molecule has 100 valence electrons. The van der Waals surface area contributed by atoms with E-state index in [1.165, 1.54) is 0 Å². The molecule has 6 heteroatoms. The van der Waals surface area contributed by atoms with Crippen molar-refractivity contribution in [2.24, 2.45) is 5.92 Å². The fraction of sp³-hybridized carbons (Fsp3) is 0.667. The lowest BCUT2D eigenvalue weighted by atomic mass is 10.1. The van der Waals surface area contributed by atoms with Gasteiger partial charge in [0, 0.05) is 0 Å². The van der Waals surface area contributed by atoms with Crippen molar-refractivity contribution >= 4 is 11.9 Å². The monoisotopic (exact) mass is 252 g/mol. The van der Waals surface area contributed by atoms with Gasteiger partial charge in [-0.05, 0) is 18.8 Å². The minimum Gasteiger partial charge on any atom is -0.480 e. The van der Waals surface area contributed by atoms with Crippen molar-refractivity contribution < 1.29 is 9.90 Å². The molecule has 0 saturated carbocycles. The number of nitrogens with one attached hydrogen (secondary N) is 1. The third kappa shape index (κ3) is 3.38. The topological polar surface area (TPSA) is 88.0 Å². The van der Waals surface area contributed by atoms with Gasteiger partial charge >= 0.3 is 5.97 Å². The summed E-state index contributed by atoms with van der Waals surface area (Å²) in [4.78, 5) is 15.4. The van der Waals surface area contributed by atoms with Crippen LogP contribution in [-0.2, 0) is 17.6 Å². The number of hydrogen-bond donors (Lipinski definition) is 2. The van der Waals surface area contributed by atoms with Gasteiger partial charge in [0.25, 0.3) is 0 Å². The van der Waals surface area contributed by atoms with E-state index in [2.05, 4.69) is 20.5 Å². The number of rotatable bonds is 6. The molecule has 6 nitrogen and oxygen atoms in total. The maximum Gasteiger partial charge on any atom is 0.326 e. The number of aliphatic carboxylic acids is 1. The molecule has 0 amide bonds. The summed E-state index contributed by atoms with van der Waals surface area (Å²) < 4.78 is 0. The fourth-order valence-electron chi connectivity index (χ4n) is 1.65. The standard InChI is InChI=1S/C12H20N4O2/c1-5-8-9(6-2)15-16-12(13-8)14-10(7(3)4)11(17)18/h7,10H,5-6H2,1-4H3,(H,17,18)(H,13,14,16)/t10-/m1/s1. The van der Waals surface area contributed by atoms with E-state index in [-0.39, 0.29) is 11.9 Å². The third-order valence-corrected chi connectivity index (χ3v) is 2.73. The molecule has 1 aromatic rings. The Labute approximate surface area is 107 Å². The van der Waals surface area contributed by atoms with Crippen LogP contribution < -0.4 is 5.32 Å². The summed E-state index contributed by atoms with van der Waals surface area (Å²) >= 11 is 0. The van der Waals surface area contributed by atoms with E-state index in [0.717, 1.165) is 24.2 Å². The summed E-state index contributed by atoms with van der Waals surface area (Å²) in [5.74, 6) is -0.682. The predicted molar refractivity (Wildman–Crippen MR) is 68.5 cm³/mol. The summed E-state index contributed by atoms with van der Waals surface area (Å²) in [5, 5.41) is 19.9. The Bertz CT molecular complexity index is 421. The van der Waals surface area contributed by atoms with Crippen molar-refractivity contribution in [1.29, 1.82) is 0 Å². The highest BCUT2D eigenvalue weighted by Crippen LogP contribution is 2.11. The SMILES string of the molecule is CCc1nnc(N[C@@H](C(=O)O)C(C)C)nc1CC. The molecular weight excluding hydrogens is 232 g/mol. The average molecular weight is 252 g/mol. The van der Waals surface area contributed by atoms with Gasteiger partial charge in [0.2, 0.25) is 5.95 Å². The predicted octanol–water partition coefficient (Wildman–Crippen LogP) is 1.52. The number of aromatic nitrogens is 3. The molecule has 0 bridgehead atoms. The van der Waals surface area contributed by atoms with E-state index in [1.807, 2.05) is 27.7 Å². The second kappa shape index (κ2) is 6.28. The lowest BCUT2D eigenvalue weighted by molar-refractivity contribution is -0.138. The Morgan fingerprint density at radius 2 is 1.83 bits per heavy atom. The van der Waals surface area contributed by atoms with Gasteiger partial charge in [-0.2, -0.15) is 5.10 Å². The Morgan fingerprint density at radius 1 is 1.22 bits per heavy atom. The first-order valence-corrected chi connectivity index (χ1v) is 6.21. The van der Waals surface area contributed by atoms with Crippen molar-refractivity contribution in [3.63, 3.8) is 0 Å². The normalized spacial score (nSPS) is 12.5. The van der Waals surface area contributed by atoms with E-state index in [0.29, 0.717) is 0 Å². The average Bonchev–Trinajstić information content (AvgIpc) is 2.34. The summed E-state index contributed by atoms with van der Waals surface area (Å²) in [6.07, 6.45) is 1.53. The van der Waals surface area contributed by atoms with Crippen LogP contribution in [0.15, 0.2) is 0 Å². The van der Waals surface area contributed by atoms with E-state index >= 15 is 0 Å². The van der Waals surface area contributed by atoms with Crippen molar-refractivity contribution in [3.05, 3.63) is 11.4 Å². The zero-order chi connectivity index (χ0) is 13.7. The highest BCUT2D eigenvalue weighted by atomic mass is 16.4. The van der Waals surface area contributed by atoms with Crippen molar-refractivity contribution in [2.75, 3.05) is 5.32 Å². The van der Waals surface area contributed by atoms with Crippen LogP contribution in [0, 0.1) is 5.92 Å². The molecule has 2 N–H and O–H groups in total. The largest absolute Gasteiger partial charge is 0.480 e. The summed E-state index contributed by atoms with van der Waals surface area (Å²) in [5.41, 5.74) is 1.72. The summed E-state index contributed by atoms with van der Waals surface area (Å²) in [6, 6.07) is -0.705. The molecule has 0 aliphatic carbocycles. The maximum absolute atomic E-state index is 11.1. The second-order valence-corrected chi connectivity index (χ2v) is 4.44. The van der Waals surface area contributed by atoms with Crippen LogP contribution in [0.2, 0.25) is 0 Å². The van der Waals surface area contributed by atoms with E-state index in [4.69, 9.17) is 5.11 Å². The van der Waals surface area contributed by atoms with Gasteiger partial charge in [0.1, 0.15) is 6.04 Å². The number of carboxylic acids is 1. The van der Waals surface area contributed by atoms with Crippen LogP contribution in [0.4, 0.5) is 5.95 Å². The van der Waals surface area contributed by atoms with Crippen LogP contribution in [0.1, 0.15) is 39.1 Å². The highest BCUT2D eigenvalue weighted by molar-refractivity contribution is 5.76. The molecular formula is C12H20N4O2. The van der Waals surface area contributed by atoms with Crippen LogP contribution >= 0.6 is 0 Å². The van der Waals surface area contributed by atoms with Gasteiger partial charge in [0.05, 0.1) is 11.4 Å². The molecule has 0 radical (unpaired) electrons. The number of carboxylic acid groups (broad SMARTS) is 1. The molecule has 1 heterocycles. The van der Waals surface area contributed by atoms with Gasteiger partial charge in [0.15, 0.2) is 0 Å². The lowest BCUT2D eigenvalue weighted by Crippen LogP contribution is -2.35. The Hall–Kier alpha value is -1.72.